The molecule has 0 spiro atoms. The molecule has 5 fully saturated rings. The molecule has 1 heterocycles. The fourth-order valence-corrected chi connectivity index (χ4v) is 7.21. The van der Waals surface area contributed by atoms with Crippen LogP contribution in [0.2, 0.25) is 0 Å². The number of carbonyl (C=O) groups excluding carboxylic acids is 2. The molecule has 1 saturated heterocycles. The minimum absolute atomic E-state index is 0.0141. The van der Waals surface area contributed by atoms with Gasteiger partial charge in [-0.15, -0.1) is 0 Å². The first kappa shape index (κ1) is 20.0. The summed E-state index contributed by atoms with van der Waals surface area (Å²) in [5.74, 6) is 2.95. The number of carbonyl (C=O) groups is 2. The molecule has 30 heavy (non-hydrogen) atoms. The topological polar surface area (TPSA) is 53.9 Å². The van der Waals surface area contributed by atoms with Gasteiger partial charge in [-0.3, -0.25) is 9.59 Å². The van der Waals surface area contributed by atoms with Gasteiger partial charge in [-0.2, -0.15) is 0 Å². The van der Waals surface area contributed by atoms with Gasteiger partial charge in [-0.25, -0.2) is 0 Å². The number of piperazine rings is 1. The third-order valence-electron chi connectivity index (χ3n) is 8.48. The standard InChI is InChI=1S/C25H35N3O2/c1-17(24(30)26-25-14-19-11-20(15-25)13-21(12-19)16-25)27-7-9-28(10-8-27)23-5-3-22(4-6-23)18(2)29/h3-6,17,19-21H,7-16H2,1-2H3,(H,26,30)/p+1/t17-,19?,20?,21?,25?/m0/s1. The summed E-state index contributed by atoms with van der Waals surface area (Å²) in [6.45, 7) is 7.57. The zero-order chi connectivity index (χ0) is 20.9. The van der Waals surface area contributed by atoms with Crippen molar-refractivity contribution in [3.63, 3.8) is 0 Å². The molecule has 5 aliphatic rings. The number of ketones is 1. The highest BCUT2D eigenvalue weighted by atomic mass is 16.2. The smallest absolute Gasteiger partial charge is 0.278 e. The molecule has 5 nitrogen and oxygen atoms in total. The van der Waals surface area contributed by atoms with Gasteiger partial charge in [0.2, 0.25) is 0 Å². The van der Waals surface area contributed by atoms with Crippen LogP contribution in [0.1, 0.15) is 62.7 Å². The van der Waals surface area contributed by atoms with E-state index in [1.165, 1.54) is 49.1 Å². The van der Waals surface area contributed by atoms with Gasteiger partial charge in [0.15, 0.2) is 11.8 Å². The average molecular weight is 411 g/mol. The zero-order valence-corrected chi connectivity index (χ0v) is 18.5. The van der Waals surface area contributed by atoms with E-state index in [1.807, 2.05) is 24.3 Å². The largest absolute Gasteiger partial charge is 0.360 e. The molecule has 162 valence electrons. The summed E-state index contributed by atoms with van der Waals surface area (Å²) in [7, 11) is 0. The molecule has 5 heteroatoms. The molecule has 4 bridgehead atoms. The lowest BCUT2D eigenvalue weighted by Gasteiger charge is -2.57. The van der Waals surface area contributed by atoms with Crippen LogP contribution in [0.4, 0.5) is 5.69 Å². The molecule has 1 amide bonds. The highest BCUT2D eigenvalue weighted by molar-refractivity contribution is 5.94. The number of anilines is 1. The Hall–Kier alpha value is -1.88. The van der Waals surface area contributed by atoms with Crippen molar-refractivity contribution in [2.75, 3.05) is 31.1 Å². The van der Waals surface area contributed by atoms with E-state index in [0.717, 1.165) is 49.5 Å². The van der Waals surface area contributed by atoms with Gasteiger partial charge in [-0.1, -0.05) is 0 Å². The summed E-state index contributed by atoms with van der Waals surface area (Å²) in [5, 5.41) is 3.58. The maximum atomic E-state index is 13.2. The molecule has 4 aliphatic carbocycles. The van der Waals surface area contributed by atoms with E-state index in [2.05, 4.69) is 17.1 Å². The molecule has 0 aromatic heterocycles. The van der Waals surface area contributed by atoms with Crippen LogP contribution in [-0.2, 0) is 4.79 Å². The van der Waals surface area contributed by atoms with Gasteiger partial charge in [-0.05, 0) is 94.4 Å². The van der Waals surface area contributed by atoms with Crippen LogP contribution in [0.5, 0.6) is 0 Å². The lowest BCUT2D eigenvalue weighted by molar-refractivity contribution is -0.914. The Labute approximate surface area is 180 Å². The number of amides is 1. The number of hydrogen-bond donors (Lipinski definition) is 2. The summed E-state index contributed by atoms with van der Waals surface area (Å²) in [6, 6.07) is 7.94. The van der Waals surface area contributed by atoms with Gasteiger partial charge >= 0.3 is 0 Å². The minimum Gasteiger partial charge on any atom is -0.360 e. The number of nitrogens with one attached hydrogen (secondary N) is 2. The summed E-state index contributed by atoms with van der Waals surface area (Å²) in [5.41, 5.74) is 2.04. The van der Waals surface area contributed by atoms with Gasteiger partial charge in [0.05, 0.1) is 26.2 Å². The van der Waals surface area contributed by atoms with E-state index in [-0.39, 0.29) is 23.3 Å². The van der Waals surface area contributed by atoms with Crippen molar-refractivity contribution in [3.05, 3.63) is 29.8 Å². The molecular formula is C25H36N3O2+. The van der Waals surface area contributed by atoms with Crippen LogP contribution in [-0.4, -0.2) is 49.5 Å². The highest BCUT2D eigenvalue weighted by Crippen LogP contribution is 2.55. The van der Waals surface area contributed by atoms with Gasteiger partial charge in [0, 0.05) is 16.8 Å². The van der Waals surface area contributed by atoms with Crippen LogP contribution in [0.3, 0.4) is 0 Å². The monoisotopic (exact) mass is 410 g/mol. The van der Waals surface area contributed by atoms with Gasteiger partial charge < -0.3 is 15.1 Å². The van der Waals surface area contributed by atoms with E-state index in [4.69, 9.17) is 0 Å². The molecule has 2 N–H and O–H groups in total. The number of Topliss-reactive ketones (excluding diaryl/α,β-unsaturated/α-hetero) is 1. The number of benzene rings is 1. The lowest BCUT2D eigenvalue weighted by atomic mass is 9.53. The molecule has 1 aromatic rings. The Morgan fingerprint density at radius 2 is 1.53 bits per heavy atom. The molecule has 0 unspecified atom stereocenters. The van der Waals surface area contributed by atoms with Crippen LogP contribution >= 0.6 is 0 Å². The molecule has 1 aromatic carbocycles. The van der Waals surface area contributed by atoms with Gasteiger partial charge in [0.1, 0.15) is 0 Å². The third kappa shape index (κ3) is 3.77. The van der Waals surface area contributed by atoms with Crippen LogP contribution in [0.15, 0.2) is 24.3 Å². The maximum Gasteiger partial charge on any atom is 0.278 e. The SMILES string of the molecule is CC(=O)c1ccc(N2CC[NH+]([C@@H](C)C(=O)NC34CC5CC(CC(C5)C3)C4)CC2)cc1. The first-order chi connectivity index (χ1) is 14.4. The fraction of sp³-hybridized carbons (Fsp3) is 0.680. The van der Waals surface area contributed by atoms with Crippen molar-refractivity contribution in [3.8, 4) is 0 Å². The van der Waals surface area contributed by atoms with E-state index in [9.17, 15) is 9.59 Å². The normalized spacial score (nSPS) is 34.1. The molecular weight excluding hydrogens is 374 g/mol. The Bertz CT molecular complexity index is 775. The Morgan fingerprint density at radius 1 is 1.00 bits per heavy atom. The van der Waals surface area contributed by atoms with E-state index >= 15 is 0 Å². The zero-order valence-electron chi connectivity index (χ0n) is 18.5. The maximum absolute atomic E-state index is 13.2. The van der Waals surface area contributed by atoms with E-state index < -0.39 is 0 Å². The van der Waals surface area contributed by atoms with Crippen molar-refractivity contribution >= 4 is 17.4 Å². The second-order valence-electron chi connectivity index (χ2n) is 10.7. The van der Waals surface area contributed by atoms with Gasteiger partial charge in [0.25, 0.3) is 5.91 Å². The van der Waals surface area contributed by atoms with Crippen molar-refractivity contribution in [2.45, 2.75) is 64.0 Å². The number of rotatable bonds is 5. The second kappa shape index (κ2) is 7.67. The molecule has 1 aliphatic heterocycles. The van der Waals surface area contributed by atoms with Crippen LogP contribution < -0.4 is 15.1 Å². The van der Waals surface area contributed by atoms with Crippen LogP contribution in [0, 0.1) is 17.8 Å². The van der Waals surface area contributed by atoms with Crippen molar-refractivity contribution in [2.24, 2.45) is 17.8 Å². The average Bonchev–Trinajstić information content (AvgIpc) is 2.72. The van der Waals surface area contributed by atoms with E-state index in [1.54, 1.807) is 6.92 Å². The summed E-state index contributed by atoms with van der Waals surface area (Å²) < 4.78 is 0. The second-order valence-corrected chi connectivity index (χ2v) is 10.7. The molecule has 1 atom stereocenters. The predicted octanol–water partition coefficient (Wildman–Crippen LogP) is 2.07. The molecule has 4 saturated carbocycles. The van der Waals surface area contributed by atoms with E-state index in [0.29, 0.717) is 0 Å². The Kier molecular flexibility index (Phi) is 5.12. The van der Waals surface area contributed by atoms with Crippen molar-refractivity contribution < 1.29 is 14.5 Å². The first-order valence-electron chi connectivity index (χ1n) is 11.9. The fourth-order valence-electron chi connectivity index (χ4n) is 7.21. The summed E-state index contributed by atoms with van der Waals surface area (Å²) in [6.07, 6.45) is 7.88. The molecule has 6 rings (SSSR count). The summed E-state index contributed by atoms with van der Waals surface area (Å²) in [4.78, 5) is 28.5. The minimum atomic E-state index is 0.0141. The predicted molar refractivity (Wildman–Crippen MR) is 118 cm³/mol. The Morgan fingerprint density at radius 3 is 2.03 bits per heavy atom. The number of hydrogen-bond acceptors (Lipinski definition) is 3. The number of nitrogens with zero attached hydrogens (tertiary/aromatic N) is 1. The van der Waals surface area contributed by atoms with Crippen molar-refractivity contribution in [1.29, 1.82) is 0 Å². The first-order valence-corrected chi connectivity index (χ1v) is 11.9. The number of quaternary nitrogens is 1. The highest BCUT2D eigenvalue weighted by Gasteiger charge is 2.52. The summed E-state index contributed by atoms with van der Waals surface area (Å²) >= 11 is 0. The Balaban J connectivity index is 1.16. The quantitative estimate of drug-likeness (QED) is 0.731. The van der Waals surface area contributed by atoms with Crippen LogP contribution in [0.25, 0.3) is 0 Å². The van der Waals surface area contributed by atoms with Crippen molar-refractivity contribution in [1.82, 2.24) is 5.32 Å². The third-order valence-corrected chi connectivity index (χ3v) is 8.48. The lowest BCUT2D eigenvalue weighted by Crippen LogP contribution is -3.19. The molecule has 0 radical (unpaired) electrons.